The second-order valence-electron chi connectivity index (χ2n) is 6.19. The third kappa shape index (κ3) is 4.78. The van der Waals surface area contributed by atoms with Crippen molar-refractivity contribution in [1.82, 2.24) is 14.8 Å². The molecular formula is C18H27N3O2. The van der Waals surface area contributed by atoms with Crippen molar-refractivity contribution in [2.75, 3.05) is 26.7 Å². The molecule has 1 aliphatic heterocycles. The molecule has 5 heteroatoms. The number of hydrogen-bond acceptors (Lipinski definition) is 3. The van der Waals surface area contributed by atoms with E-state index >= 15 is 0 Å². The summed E-state index contributed by atoms with van der Waals surface area (Å²) in [6.45, 7) is 4.38. The van der Waals surface area contributed by atoms with Crippen LogP contribution in [0.1, 0.15) is 66.4 Å². The zero-order chi connectivity index (χ0) is 16.7. The van der Waals surface area contributed by atoms with Gasteiger partial charge in [-0.25, -0.2) is 4.98 Å². The van der Waals surface area contributed by atoms with Gasteiger partial charge in [0.25, 0.3) is 11.8 Å². The molecule has 0 radical (unpaired) electrons. The first-order valence-electron chi connectivity index (χ1n) is 8.65. The molecule has 23 heavy (non-hydrogen) atoms. The Balaban J connectivity index is 2.09. The molecule has 1 aromatic heterocycles. The van der Waals surface area contributed by atoms with Gasteiger partial charge in [0.1, 0.15) is 11.4 Å². The Morgan fingerprint density at radius 3 is 2.43 bits per heavy atom. The molecule has 0 atom stereocenters. The third-order valence-corrected chi connectivity index (χ3v) is 4.27. The van der Waals surface area contributed by atoms with Crippen LogP contribution in [0, 0.1) is 0 Å². The maximum absolute atomic E-state index is 12.6. The first-order chi connectivity index (χ1) is 11.1. The van der Waals surface area contributed by atoms with E-state index in [2.05, 4.69) is 11.9 Å². The second kappa shape index (κ2) is 8.65. The normalized spacial score (nSPS) is 15.1. The standard InChI is InChI=1S/C18H27N3O2/c1-3-4-12-20(2)17(22)15-10-9-11-16(19-15)18(23)21-13-7-5-6-8-14-21/h9-11H,3-8,12-14H2,1-2H3. The smallest absolute Gasteiger partial charge is 0.272 e. The van der Waals surface area contributed by atoms with Gasteiger partial charge in [0.15, 0.2) is 0 Å². The molecule has 2 heterocycles. The van der Waals surface area contributed by atoms with Crippen molar-refractivity contribution in [2.45, 2.75) is 45.4 Å². The van der Waals surface area contributed by atoms with Crippen LogP contribution in [0.2, 0.25) is 0 Å². The summed E-state index contributed by atoms with van der Waals surface area (Å²) in [4.78, 5) is 32.9. The van der Waals surface area contributed by atoms with E-state index in [1.165, 1.54) is 12.8 Å². The molecule has 0 saturated carbocycles. The highest BCUT2D eigenvalue weighted by atomic mass is 16.2. The lowest BCUT2D eigenvalue weighted by atomic mass is 10.2. The molecule has 0 unspecified atom stereocenters. The Morgan fingerprint density at radius 2 is 1.78 bits per heavy atom. The molecule has 0 aliphatic carbocycles. The highest BCUT2D eigenvalue weighted by Gasteiger charge is 2.20. The summed E-state index contributed by atoms with van der Waals surface area (Å²) < 4.78 is 0. The van der Waals surface area contributed by atoms with Crippen molar-refractivity contribution in [1.29, 1.82) is 0 Å². The Labute approximate surface area is 138 Å². The number of hydrogen-bond donors (Lipinski definition) is 0. The fraction of sp³-hybridized carbons (Fsp3) is 0.611. The van der Waals surface area contributed by atoms with Crippen molar-refractivity contribution in [3.8, 4) is 0 Å². The molecule has 1 aliphatic rings. The van der Waals surface area contributed by atoms with E-state index in [0.29, 0.717) is 17.9 Å². The lowest BCUT2D eigenvalue weighted by Crippen LogP contribution is -2.33. The van der Waals surface area contributed by atoms with E-state index in [1.807, 2.05) is 4.90 Å². The summed E-state index contributed by atoms with van der Waals surface area (Å²) in [5.41, 5.74) is 0.728. The van der Waals surface area contributed by atoms with Crippen LogP contribution in [0.25, 0.3) is 0 Å². The lowest BCUT2D eigenvalue weighted by molar-refractivity contribution is 0.0754. The van der Waals surface area contributed by atoms with E-state index in [1.54, 1.807) is 30.1 Å². The number of aromatic nitrogens is 1. The van der Waals surface area contributed by atoms with Gasteiger partial charge in [-0.05, 0) is 31.4 Å². The zero-order valence-corrected chi connectivity index (χ0v) is 14.3. The fourth-order valence-corrected chi connectivity index (χ4v) is 2.80. The van der Waals surface area contributed by atoms with Crippen molar-refractivity contribution in [2.24, 2.45) is 0 Å². The van der Waals surface area contributed by atoms with E-state index in [9.17, 15) is 9.59 Å². The van der Waals surface area contributed by atoms with E-state index in [0.717, 1.165) is 38.8 Å². The molecule has 5 nitrogen and oxygen atoms in total. The minimum Gasteiger partial charge on any atom is -0.340 e. The van der Waals surface area contributed by atoms with Gasteiger partial charge in [0.2, 0.25) is 0 Å². The molecule has 0 spiro atoms. The SMILES string of the molecule is CCCCN(C)C(=O)c1cccc(C(=O)N2CCCCCC2)n1. The number of unbranched alkanes of at least 4 members (excludes halogenated alkanes) is 1. The van der Waals surface area contributed by atoms with Gasteiger partial charge in [-0.3, -0.25) is 9.59 Å². The number of carbonyl (C=O) groups excluding carboxylic acids is 2. The second-order valence-corrected chi connectivity index (χ2v) is 6.19. The van der Waals surface area contributed by atoms with Crippen LogP contribution in [0.5, 0.6) is 0 Å². The van der Waals surface area contributed by atoms with Crippen LogP contribution in [-0.2, 0) is 0 Å². The molecule has 126 valence electrons. The molecule has 1 fully saturated rings. The Morgan fingerprint density at radius 1 is 1.13 bits per heavy atom. The van der Waals surface area contributed by atoms with E-state index < -0.39 is 0 Å². The molecule has 2 rings (SSSR count). The van der Waals surface area contributed by atoms with Gasteiger partial charge >= 0.3 is 0 Å². The quantitative estimate of drug-likeness (QED) is 0.839. The van der Waals surface area contributed by atoms with Crippen LogP contribution in [0.15, 0.2) is 18.2 Å². The van der Waals surface area contributed by atoms with E-state index in [4.69, 9.17) is 0 Å². The third-order valence-electron chi connectivity index (χ3n) is 4.27. The Hall–Kier alpha value is -1.91. The molecule has 0 N–H and O–H groups in total. The maximum Gasteiger partial charge on any atom is 0.272 e. The largest absolute Gasteiger partial charge is 0.340 e. The summed E-state index contributed by atoms with van der Waals surface area (Å²) >= 11 is 0. The number of rotatable bonds is 5. The molecule has 0 bridgehead atoms. The summed E-state index contributed by atoms with van der Waals surface area (Å²) in [6, 6.07) is 5.14. The molecule has 1 saturated heterocycles. The predicted octanol–water partition coefficient (Wildman–Crippen LogP) is 2.97. The summed E-state index contributed by atoms with van der Waals surface area (Å²) in [5, 5.41) is 0. The lowest BCUT2D eigenvalue weighted by Gasteiger charge is -2.20. The van der Waals surface area contributed by atoms with Crippen LogP contribution >= 0.6 is 0 Å². The molecule has 2 amide bonds. The van der Waals surface area contributed by atoms with Crippen molar-refractivity contribution in [3.05, 3.63) is 29.6 Å². The van der Waals surface area contributed by atoms with Gasteiger partial charge in [-0.15, -0.1) is 0 Å². The van der Waals surface area contributed by atoms with Gasteiger partial charge in [0, 0.05) is 26.7 Å². The van der Waals surface area contributed by atoms with Crippen LogP contribution in [-0.4, -0.2) is 53.3 Å². The van der Waals surface area contributed by atoms with Gasteiger partial charge in [0.05, 0.1) is 0 Å². The highest BCUT2D eigenvalue weighted by Crippen LogP contribution is 2.13. The summed E-state index contributed by atoms with van der Waals surface area (Å²) in [7, 11) is 1.78. The summed E-state index contributed by atoms with van der Waals surface area (Å²) in [5.74, 6) is -0.179. The van der Waals surface area contributed by atoms with E-state index in [-0.39, 0.29) is 11.8 Å². The van der Waals surface area contributed by atoms with Gasteiger partial charge in [-0.2, -0.15) is 0 Å². The summed E-state index contributed by atoms with van der Waals surface area (Å²) in [6.07, 6.45) is 6.46. The van der Waals surface area contributed by atoms with Crippen molar-refractivity contribution < 1.29 is 9.59 Å². The van der Waals surface area contributed by atoms with Crippen LogP contribution in [0.4, 0.5) is 0 Å². The number of nitrogens with zero attached hydrogens (tertiary/aromatic N) is 3. The monoisotopic (exact) mass is 317 g/mol. The minimum absolute atomic E-state index is 0.0576. The Kier molecular flexibility index (Phi) is 6.56. The fourth-order valence-electron chi connectivity index (χ4n) is 2.80. The van der Waals surface area contributed by atoms with Crippen molar-refractivity contribution >= 4 is 11.8 Å². The Bertz CT molecular complexity index is 537. The topological polar surface area (TPSA) is 53.5 Å². The average molecular weight is 317 g/mol. The van der Waals surface area contributed by atoms with Crippen molar-refractivity contribution in [3.63, 3.8) is 0 Å². The molecule has 1 aromatic rings. The first kappa shape index (κ1) is 17.4. The number of likely N-dealkylation sites (tertiary alicyclic amines) is 1. The molecule has 0 aromatic carbocycles. The predicted molar refractivity (Wildman–Crippen MR) is 90.5 cm³/mol. The molecular weight excluding hydrogens is 290 g/mol. The van der Waals surface area contributed by atoms with Gasteiger partial charge < -0.3 is 9.80 Å². The number of amides is 2. The average Bonchev–Trinajstić information content (AvgIpc) is 2.87. The maximum atomic E-state index is 12.6. The van der Waals surface area contributed by atoms with Crippen LogP contribution in [0.3, 0.4) is 0 Å². The van der Waals surface area contributed by atoms with Crippen LogP contribution < -0.4 is 0 Å². The number of pyridine rings is 1. The number of carbonyl (C=O) groups is 2. The highest BCUT2D eigenvalue weighted by molar-refractivity contribution is 5.96. The first-order valence-corrected chi connectivity index (χ1v) is 8.65. The van der Waals surface area contributed by atoms with Gasteiger partial charge in [-0.1, -0.05) is 32.3 Å². The zero-order valence-electron chi connectivity index (χ0n) is 14.3. The minimum atomic E-state index is -0.121.